The molecule has 6 heteroatoms. The van der Waals surface area contributed by atoms with Crippen LogP contribution in [0.5, 0.6) is 11.5 Å². The number of carbonyl (C=O) groups excluding carboxylic acids is 1. The highest BCUT2D eigenvalue weighted by Crippen LogP contribution is 2.29. The number of amides is 1. The van der Waals surface area contributed by atoms with Gasteiger partial charge < -0.3 is 20.1 Å². The molecule has 1 aliphatic heterocycles. The molecular weight excluding hydrogens is 330 g/mol. The standard InChI is InChI=1S/C20H25N3O3/c1-25-18-8-7-15(13-23-17-6-2-3-10-22-20(17)24)11-19(18)26-14-16-5-4-9-21-12-16/h4-5,7-9,11-12,17,23H,2-3,6,10,13-14H2,1H3,(H,22,24)/t17-/m0/s1. The van der Waals surface area contributed by atoms with E-state index in [2.05, 4.69) is 15.6 Å². The van der Waals surface area contributed by atoms with Gasteiger partial charge in [0.15, 0.2) is 11.5 Å². The first kappa shape index (κ1) is 18.2. The SMILES string of the molecule is COc1ccc(CN[C@H]2CCCCNC2=O)cc1OCc1cccnc1. The van der Waals surface area contributed by atoms with Crippen molar-refractivity contribution in [1.82, 2.24) is 15.6 Å². The monoisotopic (exact) mass is 355 g/mol. The minimum Gasteiger partial charge on any atom is -0.493 e. The number of rotatable bonds is 7. The number of benzene rings is 1. The summed E-state index contributed by atoms with van der Waals surface area (Å²) in [5.41, 5.74) is 2.04. The zero-order valence-corrected chi connectivity index (χ0v) is 15.0. The van der Waals surface area contributed by atoms with Gasteiger partial charge in [0.1, 0.15) is 6.61 Å². The van der Waals surface area contributed by atoms with Crippen LogP contribution in [0.2, 0.25) is 0 Å². The van der Waals surface area contributed by atoms with Crippen molar-refractivity contribution in [1.29, 1.82) is 0 Å². The third-order valence-corrected chi connectivity index (χ3v) is 4.43. The smallest absolute Gasteiger partial charge is 0.237 e. The molecular formula is C20H25N3O3. The number of hydrogen-bond acceptors (Lipinski definition) is 5. The number of pyridine rings is 1. The van der Waals surface area contributed by atoms with Gasteiger partial charge in [0.25, 0.3) is 0 Å². The second-order valence-electron chi connectivity index (χ2n) is 6.36. The van der Waals surface area contributed by atoms with Crippen molar-refractivity contribution >= 4 is 5.91 Å². The van der Waals surface area contributed by atoms with Gasteiger partial charge in [-0.05, 0) is 43.0 Å². The highest BCUT2D eigenvalue weighted by molar-refractivity contribution is 5.81. The Morgan fingerprint density at radius 1 is 1.23 bits per heavy atom. The van der Waals surface area contributed by atoms with Gasteiger partial charge in [-0.25, -0.2) is 0 Å². The van der Waals surface area contributed by atoms with Gasteiger partial charge in [0, 0.05) is 31.0 Å². The number of aromatic nitrogens is 1. The highest BCUT2D eigenvalue weighted by Gasteiger charge is 2.19. The molecule has 1 aromatic carbocycles. The number of ether oxygens (including phenoxy) is 2. The van der Waals surface area contributed by atoms with Crippen LogP contribution in [0.1, 0.15) is 30.4 Å². The average Bonchev–Trinajstić information content (AvgIpc) is 2.89. The second-order valence-corrected chi connectivity index (χ2v) is 6.36. The number of hydrogen-bond donors (Lipinski definition) is 2. The molecule has 1 amide bonds. The first-order chi connectivity index (χ1) is 12.8. The van der Waals surface area contributed by atoms with Gasteiger partial charge in [-0.1, -0.05) is 12.1 Å². The number of nitrogens with zero attached hydrogens (tertiary/aromatic N) is 1. The third-order valence-electron chi connectivity index (χ3n) is 4.43. The maximum absolute atomic E-state index is 12.0. The summed E-state index contributed by atoms with van der Waals surface area (Å²) in [6.45, 7) is 1.79. The average molecular weight is 355 g/mol. The van der Waals surface area contributed by atoms with Crippen LogP contribution in [0.25, 0.3) is 0 Å². The van der Waals surface area contributed by atoms with Gasteiger partial charge in [-0.2, -0.15) is 0 Å². The predicted octanol–water partition coefficient (Wildman–Crippen LogP) is 2.43. The van der Waals surface area contributed by atoms with Crippen LogP contribution in [0.4, 0.5) is 0 Å². The van der Waals surface area contributed by atoms with E-state index < -0.39 is 0 Å². The number of nitrogens with one attached hydrogen (secondary N) is 2. The number of carbonyl (C=O) groups is 1. The molecule has 1 atom stereocenters. The Morgan fingerprint density at radius 2 is 2.15 bits per heavy atom. The summed E-state index contributed by atoms with van der Waals surface area (Å²) in [7, 11) is 1.63. The van der Waals surface area contributed by atoms with Gasteiger partial charge in [-0.15, -0.1) is 0 Å². The molecule has 138 valence electrons. The van der Waals surface area contributed by atoms with Gasteiger partial charge in [0.05, 0.1) is 13.2 Å². The van der Waals surface area contributed by atoms with E-state index >= 15 is 0 Å². The van der Waals surface area contributed by atoms with Gasteiger partial charge in [0.2, 0.25) is 5.91 Å². The van der Waals surface area contributed by atoms with Crippen molar-refractivity contribution in [3.05, 3.63) is 53.9 Å². The van der Waals surface area contributed by atoms with Crippen molar-refractivity contribution < 1.29 is 14.3 Å². The molecule has 0 radical (unpaired) electrons. The Bertz CT molecular complexity index is 721. The van der Waals surface area contributed by atoms with Crippen molar-refractivity contribution in [2.45, 2.75) is 38.5 Å². The first-order valence-corrected chi connectivity index (χ1v) is 8.96. The lowest BCUT2D eigenvalue weighted by atomic mass is 10.1. The van der Waals surface area contributed by atoms with Crippen molar-refractivity contribution in [2.75, 3.05) is 13.7 Å². The largest absolute Gasteiger partial charge is 0.493 e. The van der Waals surface area contributed by atoms with E-state index in [4.69, 9.17) is 9.47 Å². The molecule has 1 saturated heterocycles. The van der Waals surface area contributed by atoms with Crippen LogP contribution >= 0.6 is 0 Å². The molecule has 0 unspecified atom stereocenters. The molecule has 2 heterocycles. The molecule has 0 saturated carbocycles. The van der Waals surface area contributed by atoms with E-state index in [1.807, 2.05) is 30.3 Å². The van der Waals surface area contributed by atoms with Gasteiger partial charge in [-0.3, -0.25) is 9.78 Å². The van der Waals surface area contributed by atoms with Crippen LogP contribution in [0, 0.1) is 0 Å². The molecule has 0 aliphatic carbocycles. The molecule has 0 spiro atoms. The number of methoxy groups -OCH3 is 1. The fourth-order valence-electron chi connectivity index (χ4n) is 2.96. The first-order valence-electron chi connectivity index (χ1n) is 8.96. The fraction of sp³-hybridized carbons (Fsp3) is 0.400. The third kappa shape index (κ3) is 4.95. The van der Waals surface area contributed by atoms with E-state index in [9.17, 15) is 4.79 Å². The van der Waals surface area contributed by atoms with E-state index in [1.54, 1.807) is 19.5 Å². The topological polar surface area (TPSA) is 72.5 Å². The molecule has 1 aromatic heterocycles. The lowest BCUT2D eigenvalue weighted by Crippen LogP contribution is -2.42. The molecule has 1 aliphatic rings. The zero-order valence-electron chi connectivity index (χ0n) is 15.0. The molecule has 3 rings (SSSR count). The zero-order chi connectivity index (χ0) is 18.2. The fourth-order valence-corrected chi connectivity index (χ4v) is 2.96. The molecule has 26 heavy (non-hydrogen) atoms. The van der Waals surface area contributed by atoms with E-state index in [1.165, 1.54) is 0 Å². The Balaban J connectivity index is 1.63. The second kappa shape index (κ2) is 9.20. The summed E-state index contributed by atoms with van der Waals surface area (Å²) in [6, 6.07) is 9.54. The maximum Gasteiger partial charge on any atom is 0.237 e. The van der Waals surface area contributed by atoms with Crippen LogP contribution in [0.3, 0.4) is 0 Å². The summed E-state index contributed by atoms with van der Waals surface area (Å²) in [5.74, 6) is 1.45. The van der Waals surface area contributed by atoms with Crippen LogP contribution in [-0.4, -0.2) is 30.6 Å². The van der Waals surface area contributed by atoms with Gasteiger partial charge >= 0.3 is 0 Å². The van der Waals surface area contributed by atoms with Crippen LogP contribution in [-0.2, 0) is 17.9 Å². The quantitative estimate of drug-likeness (QED) is 0.798. The molecule has 6 nitrogen and oxygen atoms in total. The Kier molecular flexibility index (Phi) is 6.44. The summed E-state index contributed by atoms with van der Waals surface area (Å²) in [5, 5.41) is 6.29. The lowest BCUT2D eigenvalue weighted by Gasteiger charge is -2.16. The van der Waals surface area contributed by atoms with Crippen molar-refractivity contribution in [3.8, 4) is 11.5 Å². The van der Waals surface area contributed by atoms with Crippen LogP contribution < -0.4 is 20.1 Å². The molecule has 1 fully saturated rings. The minimum absolute atomic E-state index is 0.0871. The Labute approximate surface area is 153 Å². The van der Waals surface area contributed by atoms with E-state index in [0.717, 1.165) is 36.9 Å². The maximum atomic E-state index is 12.0. The highest BCUT2D eigenvalue weighted by atomic mass is 16.5. The normalized spacial score (nSPS) is 17.3. The Morgan fingerprint density at radius 3 is 2.96 bits per heavy atom. The summed E-state index contributed by atoms with van der Waals surface area (Å²) >= 11 is 0. The summed E-state index contributed by atoms with van der Waals surface area (Å²) < 4.78 is 11.3. The molecule has 2 N–H and O–H groups in total. The molecule has 0 bridgehead atoms. The molecule has 2 aromatic rings. The van der Waals surface area contributed by atoms with Crippen molar-refractivity contribution in [2.24, 2.45) is 0 Å². The van der Waals surface area contributed by atoms with E-state index in [-0.39, 0.29) is 11.9 Å². The minimum atomic E-state index is -0.139. The van der Waals surface area contributed by atoms with E-state index in [0.29, 0.717) is 24.7 Å². The summed E-state index contributed by atoms with van der Waals surface area (Å²) in [4.78, 5) is 16.1. The van der Waals surface area contributed by atoms with Crippen molar-refractivity contribution in [3.63, 3.8) is 0 Å². The lowest BCUT2D eigenvalue weighted by molar-refractivity contribution is -0.122. The summed E-state index contributed by atoms with van der Waals surface area (Å²) in [6.07, 6.45) is 6.48. The van der Waals surface area contributed by atoms with Crippen LogP contribution in [0.15, 0.2) is 42.7 Å². The predicted molar refractivity (Wildman–Crippen MR) is 99.1 cm³/mol. The Hall–Kier alpha value is -2.60.